The van der Waals surface area contributed by atoms with Crippen LogP contribution in [0.4, 0.5) is 13.6 Å². The predicted molar refractivity (Wildman–Crippen MR) is 293 cm³/mol. The SMILES string of the molecule is CC(C)(C)[C@H](c1nc(-c2cc(F)ccc2F)cn1Cc1ccccc1)N(CCCNC(=O)O)C(=O)C[S+]([O-])CCNC(=O)CCOCCOCCOCCOCCOCCOCCOCCOCCNC(=O)CCN1C(=O)C=CC1=O. The topological polar surface area (TPSA) is 280 Å². The van der Waals surface area contributed by atoms with Gasteiger partial charge in [0.25, 0.3) is 17.7 Å². The zero-order valence-electron chi connectivity index (χ0n) is 46.5. The Morgan fingerprint density at radius 2 is 1.21 bits per heavy atom. The van der Waals surface area contributed by atoms with Crippen molar-refractivity contribution in [2.75, 3.05) is 150 Å². The number of rotatable bonds is 44. The molecule has 23 nitrogen and oxygen atoms in total. The van der Waals surface area contributed by atoms with Crippen molar-refractivity contribution >= 4 is 46.8 Å². The maximum atomic E-state index is 15.2. The fraction of sp³-hybridized carbons (Fsp3) is 0.582. The Morgan fingerprint density at radius 3 is 1.75 bits per heavy atom. The van der Waals surface area contributed by atoms with E-state index in [9.17, 15) is 42.8 Å². The Balaban J connectivity index is 0.999. The number of nitrogens with one attached hydrogen (secondary N) is 3. The molecule has 2 atom stereocenters. The molecule has 4 N–H and O–H groups in total. The van der Waals surface area contributed by atoms with Crippen LogP contribution in [0.3, 0.4) is 0 Å². The third kappa shape index (κ3) is 27.6. The van der Waals surface area contributed by atoms with E-state index in [1.807, 2.05) is 51.1 Å². The molecule has 1 unspecified atom stereocenters. The lowest BCUT2D eigenvalue weighted by atomic mass is 9.84. The van der Waals surface area contributed by atoms with Crippen molar-refractivity contribution in [2.45, 2.75) is 52.6 Å². The van der Waals surface area contributed by atoms with Gasteiger partial charge in [-0.2, -0.15) is 0 Å². The van der Waals surface area contributed by atoms with Crippen molar-refractivity contribution in [1.29, 1.82) is 0 Å². The lowest BCUT2D eigenvalue weighted by molar-refractivity contribution is -0.137. The minimum absolute atomic E-state index is 0.0166. The van der Waals surface area contributed by atoms with Gasteiger partial charge in [-0.3, -0.25) is 28.9 Å². The quantitative estimate of drug-likeness (QED) is 0.0359. The molecule has 1 aliphatic rings. The average molecular weight is 1160 g/mol. The molecule has 81 heavy (non-hydrogen) atoms. The van der Waals surface area contributed by atoms with E-state index in [0.717, 1.165) is 28.7 Å². The Labute approximate surface area is 474 Å². The maximum Gasteiger partial charge on any atom is 0.404 e. The minimum atomic E-state index is -1.72. The van der Waals surface area contributed by atoms with Gasteiger partial charge in [-0.15, -0.1) is 0 Å². The fourth-order valence-electron chi connectivity index (χ4n) is 7.92. The molecule has 1 aliphatic heterocycles. The van der Waals surface area contributed by atoms with Gasteiger partial charge in [0.1, 0.15) is 23.2 Å². The molecule has 0 saturated heterocycles. The number of benzene rings is 2. The second kappa shape index (κ2) is 38.7. The van der Waals surface area contributed by atoms with Crippen LogP contribution in [-0.2, 0) is 79.6 Å². The molecule has 2 aromatic carbocycles. The highest BCUT2D eigenvalue weighted by atomic mass is 32.2. The molecular weight excluding hydrogens is 1080 g/mol. The zero-order valence-corrected chi connectivity index (χ0v) is 47.4. The number of imidazole rings is 1. The number of carbonyl (C=O) groups is 6. The Kier molecular flexibility index (Phi) is 32.3. The summed E-state index contributed by atoms with van der Waals surface area (Å²) in [5.74, 6) is -3.31. The van der Waals surface area contributed by atoms with Crippen LogP contribution in [0.1, 0.15) is 57.5 Å². The van der Waals surface area contributed by atoms with E-state index >= 15 is 4.39 Å². The van der Waals surface area contributed by atoms with Crippen LogP contribution in [-0.4, -0.2) is 215 Å². The molecule has 0 bridgehead atoms. The molecule has 0 radical (unpaired) electrons. The fourth-order valence-corrected chi connectivity index (χ4v) is 8.84. The highest BCUT2D eigenvalue weighted by molar-refractivity contribution is 7.92. The van der Waals surface area contributed by atoms with E-state index in [0.29, 0.717) is 105 Å². The summed E-state index contributed by atoms with van der Waals surface area (Å²) >= 11 is -1.72. The number of hydrogen-bond acceptors (Lipinski definition) is 16. The van der Waals surface area contributed by atoms with E-state index in [-0.39, 0.29) is 94.0 Å². The van der Waals surface area contributed by atoms with E-state index in [4.69, 9.17) is 42.9 Å². The molecule has 0 spiro atoms. The van der Waals surface area contributed by atoms with Crippen molar-refractivity contribution in [1.82, 2.24) is 35.3 Å². The van der Waals surface area contributed by atoms with Gasteiger partial charge in [0.15, 0.2) is 5.75 Å². The monoisotopic (exact) mass is 1160 g/mol. The molecule has 26 heteroatoms. The van der Waals surface area contributed by atoms with Crippen LogP contribution in [0.15, 0.2) is 66.9 Å². The first kappa shape index (κ1) is 67.6. The number of hydrogen-bond donors (Lipinski definition) is 4. The summed E-state index contributed by atoms with van der Waals surface area (Å²) in [4.78, 5) is 80.3. The number of ether oxygens (including phenoxy) is 8. The molecule has 3 aromatic rings. The van der Waals surface area contributed by atoms with E-state index < -0.39 is 63.8 Å². The lowest BCUT2D eigenvalue weighted by Gasteiger charge is -2.40. The van der Waals surface area contributed by atoms with Crippen LogP contribution >= 0.6 is 0 Å². The normalized spacial score (nSPS) is 13.2. The largest absolute Gasteiger partial charge is 0.616 e. The van der Waals surface area contributed by atoms with Gasteiger partial charge >= 0.3 is 6.09 Å². The van der Waals surface area contributed by atoms with Crippen LogP contribution in [0.25, 0.3) is 11.3 Å². The number of carbonyl (C=O) groups excluding carboxylic acids is 5. The standard InChI is InChI=1S/C55H79F2N7O16S/c1-55(2,3)52(53-61-46(44-38-43(56)10-11-45(44)57)40-62(53)39-42-8-5-4-6-9-42)64(19-7-16-60-54(70)71)51(69)41-81(72)37-18-59-48(66)15-21-73-23-25-75-27-29-77-31-33-79-35-36-80-34-32-78-30-28-76-26-24-74-22-17-58-47(65)14-20-63-49(67)12-13-50(63)68/h4-6,8-13,38,40,52,60H,7,14-37,39,41H2,1-3H3,(H,58,65)(H,59,66)(H,70,71)/t52-,81?/m0/s1. The highest BCUT2D eigenvalue weighted by Gasteiger charge is 2.39. The lowest BCUT2D eigenvalue weighted by Crippen LogP contribution is -2.46. The minimum Gasteiger partial charge on any atom is -0.616 e. The zero-order chi connectivity index (χ0) is 58.7. The highest BCUT2D eigenvalue weighted by Crippen LogP contribution is 2.40. The van der Waals surface area contributed by atoms with Gasteiger partial charge in [0.2, 0.25) is 11.8 Å². The maximum absolute atomic E-state index is 15.2. The van der Waals surface area contributed by atoms with E-state index in [2.05, 4.69) is 16.0 Å². The third-order valence-electron chi connectivity index (χ3n) is 11.8. The van der Waals surface area contributed by atoms with Gasteiger partial charge in [-0.05, 0) is 46.8 Å². The summed E-state index contributed by atoms with van der Waals surface area (Å²) in [5, 5.41) is 16.9. The molecule has 450 valence electrons. The van der Waals surface area contributed by atoms with Gasteiger partial charge in [-0.1, -0.05) is 51.1 Å². The number of imide groups is 1. The summed E-state index contributed by atoms with van der Waals surface area (Å²) in [6.45, 7) is 12.0. The first-order valence-electron chi connectivity index (χ1n) is 26.9. The summed E-state index contributed by atoms with van der Waals surface area (Å²) in [6, 6.07) is 11.7. The number of halogens is 2. The molecule has 6 amide bonds. The first-order valence-corrected chi connectivity index (χ1v) is 28.4. The smallest absolute Gasteiger partial charge is 0.404 e. The Bertz CT molecular complexity index is 2380. The predicted octanol–water partition coefficient (Wildman–Crippen LogP) is 3.27. The van der Waals surface area contributed by atoms with Gasteiger partial charge in [0.05, 0.1) is 124 Å². The molecular formula is C55H79F2N7O16S. The third-order valence-corrected chi connectivity index (χ3v) is 13.0. The number of nitrogens with zero attached hydrogens (tertiary/aromatic N) is 4. The number of aromatic nitrogens is 2. The summed E-state index contributed by atoms with van der Waals surface area (Å²) in [5.41, 5.74) is 0.248. The summed E-state index contributed by atoms with van der Waals surface area (Å²) in [7, 11) is 0. The molecule has 1 aromatic heterocycles. The van der Waals surface area contributed by atoms with E-state index in [1.54, 1.807) is 10.8 Å². The number of carboxylic acid groups (broad SMARTS) is 1. The molecule has 0 aliphatic carbocycles. The van der Waals surface area contributed by atoms with Crippen molar-refractivity contribution in [3.8, 4) is 11.3 Å². The van der Waals surface area contributed by atoms with Crippen molar-refractivity contribution in [3.63, 3.8) is 0 Å². The van der Waals surface area contributed by atoms with Gasteiger partial charge in [-0.25, -0.2) is 18.6 Å². The molecule has 0 saturated carbocycles. The Morgan fingerprint density at radius 1 is 0.691 bits per heavy atom. The van der Waals surface area contributed by atoms with Crippen LogP contribution in [0, 0.1) is 17.0 Å². The van der Waals surface area contributed by atoms with Crippen LogP contribution < -0.4 is 16.0 Å². The van der Waals surface area contributed by atoms with Gasteiger partial charge < -0.3 is 73.0 Å². The van der Waals surface area contributed by atoms with Gasteiger partial charge in [0, 0.05) is 69.5 Å². The molecule has 4 rings (SSSR count). The Hall–Kier alpha value is -5.94. The van der Waals surface area contributed by atoms with Crippen molar-refractivity contribution in [2.24, 2.45) is 5.41 Å². The first-order chi connectivity index (χ1) is 39.0. The molecule has 2 heterocycles. The molecule has 0 fully saturated rings. The van der Waals surface area contributed by atoms with Crippen LogP contribution in [0.2, 0.25) is 0 Å². The van der Waals surface area contributed by atoms with Crippen LogP contribution in [0.5, 0.6) is 0 Å². The number of amides is 6. The average Bonchev–Trinajstić information content (AvgIpc) is 4.17. The second-order valence-electron chi connectivity index (χ2n) is 19.2. The van der Waals surface area contributed by atoms with E-state index in [1.165, 1.54) is 17.1 Å². The van der Waals surface area contributed by atoms with Crippen molar-refractivity contribution in [3.05, 3.63) is 89.9 Å². The summed E-state index contributed by atoms with van der Waals surface area (Å²) < 4.78 is 88.6. The van der Waals surface area contributed by atoms with Crippen molar-refractivity contribution < 1.29 is 85.1 Å². The summed E-state index contributed by atoms with van der Waals surface area (Å²) in [6.07, 6.45) is 3.03. The second-order valence-corrected chi connectivity index (χ2v) is 20.8.